The largest absolute Gasteiger partial charge is 0.420 e. The Hall–Kier alpha value is -2.12. The SMILES string of the molecule is CC(C)C(CNC(=O)Cn1c(=O)oc2ccccc21)N1CCOCC1. The van der Waals surface area contributed by atoms with Crippen molar-refractivity contribution in [3.63, 3.8) is 0 Å². The van der Waals surface area contributed by atoms with Crippen molar-refractivity contribution in [3.8, 4) is 0 Å². The van der Waals surface area contributed by atoms with E-state index in [1.165, 1.54) is 4.57 Å². The number of fused-ring (bicyclic) bond motifs is 1. The molecule has 25 heavy (non-hydrogen) atoms. The summed E-state index contributed by atoms with van der Waals surface area (Å²) in [7, 11) is 0. The topological polar surface area (TPSA) is 76.7 Å². The van der Waals surface area contributed by atoms with Crippen LogP contribution in [-0.2, 0) is 16.1 Å². The number of ether oxygens (including phenoxy) is 1. The van der Waals surface area contributed by atoms with E-state index in [2.05, 4.69) is 24.1 Å². The molecule has 2 heterocycles. The number of para-hydroxylation sites is 2. The smallest absolute Gasteiger partial charge is 0.408 e. The number of amides is 1. The third-order valence-electron chi connectivity index (χ3n) is 4.67. The Balaban J connectivity index is 1.63. The first-order valence-electron chi connectivity index (χ1n) is 8.73. The van der Waals surface area contributed by atoms with Gasteiger partial charge in [0.15, 0.2) is 5.58 Å². The molecule has 1 aliphatic heterocycles. The first-order chi connectivity index (χ1) is 12.1. The highest BCUT2D eigenvalue weighted by atomic mass is 16.5. The van der Waals surface area contributed by atoms with Gasteiger partial charge < -0.3 is 14.5 Å². The Morgan fingerprint density at radius 3 is 2.68 bits per heavy atom. The van der Waals surface area contributed by atoms with Gasteiger partial charge in [0.1, 0.15) is 6.54 Å². The number of carbonyl (C=O) groups is 1. The lowest BCUT2D eigenvalue weighted by Crippen LogP contribution is -2.51. The van der Waals surface area contributed by atoms with E-state index >= 15 is 0 Å². The van der Waals surface area contributed by atoms with Crippen LogP contribution in [0.15, 0.2) is 33.5 Å². The lowest BCUT2D eigenvalue weighted by Gasteiger charge is -2.36. The van der Waals surface area contributed by atoms with E-state index in [4.69, 9.17) is 9.15 Å². The zero-order valence-electron chi connectivity index (χ0n) is 14.7. The van der Waals surface area contributed by atoms with Crippen LogP contribution in [0.5, 0.6) is 0 Å². The van der Waals surface area contributed by atoms with Crippen LogP contribution in [0.2, 0.25) is 0 Å². The maximum Gasteiger partial charge on any atom is 0.420 e. The molecule has 1 fully saturated rings. The van der Waals surface area contributed by atoms with Crippen molar-refractivity contribution < 1.29 is 13.9 Å². The van der Waals surface area contributed by atoms with Crippen LogP contribution >= 0.6 is 0 Å². The highest BCUT2D eigenvalue weighted by Gasteiger charge is 2.24. The molecule has 136 valence electrons. The van der Waals surface area contributed by atoms with E-state index in [9.17, 15) is 9.59 Å². The molecule has 1 aromatic heterocycles. The number of oxazole rings is 1. The predicted octanol–water partition coefficient (Wildman–Crippen LogP) is 1.07. The second-order valence-corrected chi connectivity index (χ2v) is 6.69. The third kappa shape index (κ3) is 4.11. The number of aromatic nitrogens is 1. The molecule has 1 aromatic carbocycles. The number of nitrogens with one attached hydrogen (secondary N) is 1. The molecular weight excluding hydrogens is 322 g/mol. The first kappa shape index (κ1) is 17.7. The molecule has 2 aromatic rings. The van der Waals surface area contributed by atoms with E-state index in [0.717, 1.165) is 26.3 Å². The second kappa shape index (κ2) is 7.84. The Morgan fingerprint density at radius 1 is 1.24 bits per heavy atom. The van der Waals surface area contributed by atoms with Gasteiger partial charge in [-0.15, -0.1) is 0 Å². The van der Waals surface area contributed by atoms with Crippen molar-refractivity contribution in [2.45, 2.75) is 26.4 Å². The molecule has 0 aliphatic carbocycles. The van der Waals surface area contributed by atoms with Gasteiger partial charge in [-0.3, -0.25) is 14.3 Å². The highest BCUT2D eigenvalue weighted by Crippen LogP contribution is 2.13. The normalized spacial score (nSPS) is 17.1. The molecule has 1 N–H and O–H groups in total. The van der Waals surface area contributed by atoms with Crippen LogP contribution in [0.3, 0.4) is 0 Å². The molecule has 1 amide bonds. The predicted molar refractivity (Wildman–Crippen MR) is 94.5 cm³/mol. The lowest BCUT2D eigenvalue weighted by atomic mass is 10.0. The minimum absolute atomic E-state index is 0.0379. The summed E-state index contributed by atoms with van der Waals surface area (Å²) in [6.07, 6.45) is 0. The molecule has 1 unspecified atom stereocenters. The molecule has 0 saturated carbocycles. The molecule has 1 aliphatic rings. The Bertz CT molecular complexity index is 774. The van der Waals surface area contributed by atoms with Crippen LogP contribution in [0.4, 0.5) is 0 Å². The maximum absolute atomic E-state index is 12.4. The molecule has 3 rings (SSSR count). The van der Waals surface area contributed by atoms with Gasteiger partial charge in [0.2, 0.25) is 5.91 Å². The van der Waals surface area contributed by atoms with E-state index in [1.807, 2.05) is 6.07 Å². The average molecular weight is 347 g/mol. The maximum atomic E-state index is 12.4. The van der Waals surface area contributed by atoms with E-state index < -0.39 is 5.76 Å². The molecule has 0 radical (unpaired) electrons. The van der Waals surface area contributed by atoms with Crippen molar-refractivity contribution >= 4 is 17.0 Å². The summed E-state index contributed by atoms with van der Waals surface area (Å²) in [5, 5.41) is 2.97. The summed E-state index contributed by atoms with van der Waals surface area (Å²) < 4.78 is 11.9. The molecule has 7 heteroatoms. The minimum atomic E-state index is -0.509. The Kier molecular flexibility index (Phi) is 5.55. The van der Waals surface area contributed by atoms with Crippen LogP contribution in [-0.4, -0.2) is 54.3 Å². The zero-order chi connectivity index (χ0) is 17.8. The fourth-order valence-corrected chi connectivity index (χ4v) is 3.28. The molecular formula is C18H25N3O4. The quantitative estimate of drug-likeness (QED) is 0.846. The number of hydrogen-bond acceptors (Lipinski definition) is 5. The molecule has 0 bridgehead atoms. The van der Waals surface area contributed by atoms with Gasteiger partial charge in [-0.1, -0.05) is 26.0 Å². The van der Waals surface area contributed by atoms with Gasteiger partial charge in [-0.05, 0) is 18.1 Å². The molecule has 0 spiro atoms. The number of morpholine rings is 1. The van der Waals surface area contributed by atoms with Gasteiger partial charge in [-0.2, -0.15) is 0 Å². The molecule has 1 atom stereocenters. The Morgan fingerprint density at radius 2 is 1.96 bits per heavy atom. The summed E-state index contributed by atoms with van der Waals surface area (Å²) in [6, 6.07) is 7.37. The standard InChI is InChI=1S/C18H25N3O4/c1-13(2)15(20-7-9-24-10-8-20)11-19-17(22)12-21-14-5-3-4-6-16(14)25-18(21)23/h3-6,13,15H,7-12H2,1-2H3,(H,19,22). The summed E-state index contributed by atoms with van der Waals surface area (Å²) >= 11 is 0. The zero-order valence-corrected chi connectivity index (χ0v) is 14.7. The molecule has 1 saturated heterocycles. The highest BCUT2D eigenvalue weighted by molar-refractivity contribution is 5.79. The summed E-state index contributed by atoms with van der Waals surface area (Å²) in [5.74, 6) is -0.284. The monoisotopic (exact) mass is 347 g/mol. The number of nitrogens with zero attached hydrogens (tertiary/aromatic N) is 2. The van der Waals surface area contributed by atoms with E-state index in [-0.39, 0.29) is 18.5 Å². The van der Waals surface area contributed by atoms with Gasteiger partial charge in [-0.25, -0.2) is 4.79 Å². The summed E-state index contributed by atoms with van der Waals surface area (Å²) in [5.41, 5.74) is 1.13. The summed E-state index contributed by atoms with van der Waals surface area (Å²) in [4.78, 5) is 26.7. The van der Waals surface area contributed by atoms with Crippen LogP contribution < -0.4 is 11.1 Å². The van der Waals surface area contributed by atoms with Crippen molar-refractivity contribution in [2.75, 3.05) is 32.8 Å². The second-order valence-electron chi connectivity index (χ2n) is 6.69. The Labute approximate surface area is 146 Å². The molecule has 7 nitrogen and oxygen atoms in total. The first-order valence-corrected chi connectivity index (χ1v) is 8.73. The van der Waals surface area contributed by atoms with Crippen LogP contribution in [0.1, 0.15) is 13.8 Å². The van der Waals surface area contributed by atoms with Gasteiger partial charge in [0.25, 0.3) is 0 Å². The number of rotatable bonds is 6. The minimum Gasteiger partial charge on any atom is -0.408 e. The van der Waals surface area contributed by atoms with Crippen molar-refractivity contribution in [1.29, 1.82) is 0 Å². The van der Waals surface area contributed by atoms with Gasteiger partial charge in [0.05, 0.1) is 18.7 Å². The van der Waals surface area contributed by atoms with Crippen molar-refractivity contribution in [2.24, 2.45) is 5.92 Å². The average Bonchev–Trinajstić information content (AvgIpc) is 2.91. The summed E-state index contributed by atoms with van der Waals surface area (Å²) in [6.45, 7) is 8.04. The third-order valence-corrected chi connectivity index (χ3v) is 4.67. The van der Waals surface area contributed by atoms with E-state index in [1.54, 1.807) is 18.2 Å². The number of benzene rings is 1. The van der Waals surface area contributed by atoms with Crippen LogP contribution in [0.25, 0.3) is 11.1 Å². The fourth-order valence-electron chi connectivity index (χ4n) is 3.28. The van der Waals surface area contributed by atoms with Gasteiger partial charge >= 0.3 is 5.76 Å². The van der Waals surface area contributed by atoms with Crippen LogP contribution in [0, 0.1) is 5.92 Å². The lowest BCUT2D eigenvalue weighted by molar-refractivity contribution is -0.122. The van der Waals surface area contributed by atoms with Crippen molar-refractivity contribution in [3.05, 3.63) is 34.8 Å². The number of hydrogen-bond donors (Lipinski definition) is 1. The van der Waals surface area contributed by atoms with Gasteiger partial charge in [0, 0.05) is 25.7 Å². The van der Waals surface area contributed by atoms with Crippen molar-refractivity contribution in [1.82, 2.24) is 14.8 Å². The fraction of sp³-hybridized carbons (Fsp3) is 0.556. The number of carbonyl (C=O) groups excluding carboxylic acids is 1. The van der Waals surface area contributed by atoms with E-state index in [0.29, 0.717) is 23.6 Å².